The molecule has 3 rings (SSSR count). The smallest absolute Gasteiger partial charge is 0.264 e. The van der Waals surface area contributed by atoms with E-state index < -0.39 is 28.5 Å². The van der Waals surface area contributed by atoms with Crippen LogP contribution in [0.15, 0.2) is 71.6 Å². The lowest BCUT2D eigenvalue weighted by atomic mass is 10.1. The van der Waals surface area contributed by atoms with Gasteiger partial charge in [-0.25, -0.2) is 8.42 Å². The summed E-state index contributed by atoms with van der Waals surface area (Å²) in [6, 6.07) is 18.1. The summed E-state index contributed by atoms with van der Waals surface area (Å²) in [4.78, 5) is 28.5. The van der Waals surface area contributed by atoms with Gasteiger partial charge in [0.2, 0.25) is 11.8 Å². The molecule has 0 saturated heterocycles. The van der Waals surface area contributed by atoms with Crippen molar-refractivity contribution in [3.63, 3.8) is 0 Å². The summed E-state index contributed by atoms with van der Waals surface area (Å²) < 4.78 is 29.0. The molecule has 0 spiro atoms. The molecule has 0 heterocycles. The van der Waals surface area contributed by atoms with Crippen LogP contribution in [0.5, 0.6) is 0 Å². The average Bonchev–Trinajstić information content (AvgIpc) is 2.90. The number of carbonyl (C=O) groups excluding carboxylic acids is 2. The summed E-state index contributed by atoms with van der Waals surface area (Å²) in [5, 5.41) is 3.25. The Kier molecular flexibility index (Phi) is 10.2. The van der Waals surface area contributed by atoms with Crippen molar-refractivity contribution < 1.29 is 18.0 Å². The number of halogens is 1. The third-order valence-corrected chi connectivity index (χ3v) is 8.86. The van der Waals surface area contributed by atoms with Gasteiger partial charge >= 0.3 is 0 Å². The molecule has 1 N–H and O–H groups in total. The summed E-state index contributed by atoms with van der Waals surface area (Å²) in [5.74, 6) is -0.818. The lowest BCUT2D eigenvalue weighted by Crippen LogP contribution is -2.52. The van der Waals surface area contributed by atoms with Gasteiger partial charge in [0.15, 0.2) is 0 Å². The van der Waals surface area contributed by atoms with Gasteiger partial charge in [-0.15, -0.1) is 0 Å². The number of hydrogen-bond acceptors (Lipinski definition) is 4. The van der Waals surface area contributed by atoms with E-state index in [-0.39, 0.29) is 17.3 Å². The first-order chi connectivity index (χ1) is 18.5. The Hall–Kier alpha value is -3.36. The molecule has 3 aromatic carbocycles. The van der Waals surface area contributed by atoms with Gasteiger partial charge in [-0.2, -0.15) is 0 Å². The molecule has 0 radical (unpaired) electrons. The zero-order valence-corrected chi connectivity index (χ0v) is 24.6. The number of anilines is 1. The van der Waals surface area contributed by atoms with Crippen LogP contribution in [0.25, 0.3) is 0 Å². The highest BCUT2D eigenvalue weighted by Gasteiger charge is 2.33. The summed E-state index contributed by atoms with van der Waals surface area (Å²) in [7, 11) is -4.11. The van der Waals surface area contributed by atoms with Crippen molar-refractivity contribution >= 4 is 39.1 Å². The van der Waals surface area contributed by atoms with E-state index >= 15 is 0 Å². The van der Waals surface area contributed by atoms with Crippen LogP contribution in [0.4, 0.5) is 5.69 Å². The Balaban J connectivity index is 2.10. The standard InChI is InChI=1S/C30H36ClN3O4S/c1-6-28(30(36)32-7-2)33(19-24-10-8-9-11-27(24)31)29(35)20-34(25-15-14-22(4)23(5)18-25)39(37,38)26-16-12-21(3)13-17-26/h8-18,28H,6-7,19-20H2,1-5H3,(H,32,36)/t28-/m1/s1. The normalized spacial score (nSPS) is 12.1. The Morgan fingerprint density at radius 3 is 2.18 bits per heavy atom. The van der Waals surface area contributed by atoms with Crippen LogP contribution < -0.4 is 9.62 Å². The van der Waals surface area contributed by atoms with Crippen molar-refractivity contribution in [3.8, 4) is 0 Å². The van der Waals surface area contributed by atoms with Crippen molar-refractivity contribution in [2.45, 2.75) is 58.5 Å². The zero-order chi connectivity index (χ0) is 28.7. The maximum absolute atomic E-state index is 14.0. The molecule has 0 aliphatic carbocycles. The first-order valence-electron chi connectivity index (χ1n) is 13.0. The number of rotatable bonds is 11. The lowest BCUT2D eigenvalue weighted by molar-refractivity contribution is -0.140. The van der Waals surface area contributed by atoms with E-state index in [0.29, 0.717) is 29.2 Å². The Morgan fingerprint density at radius 1 is 0.923 bits per heavy atom. The van der Waals surface area contributed by atoms with Crippen LogP contribution in [0.1, 0.15) is 42.5 Å². The molecular formula is C30H36ClN3O4S. The topological polar surface area (TPSA) is 86.8 Å². The Morgan fingerprint density at radius 2 is 1.59 bits per heavy atom. The van der Waals surface area contributed by atoms with E-state index in [1.807, 2.05) is 33.8 Å². The average molecular weight is 570 g/mol. The minimum Gasteiger partial charge on any atom is -0.355 e. The van der Waals surface area contributed by atoms with Crippen LogP contribution >= 0.6 is 11.6 Å². The van der Waals surface area contributed by atoms with Gasteiger partial charge in [0.05, 0.1) is 10.6 Å². The molecule has 0 aromatic heterocycles. The number of benzene rings is 3. The number of carbonyl (C=O) groups is 2. The van der Waals surface area contributed by atoms with E-state index in [2.05, 4.69) is 5.32 Å². The van der Waals surface area contributed by atoms with Crippen LogP contribution in [-0.4, -0.2) is 44.3 Å². The molecule has 39 heavy (non-hydrogen) atoms. The lowest BCUT2D eigenvalue weighted by Gasteiger charge is -2.33. The highest BCUT2D eigenvalue weighted by molar-refractivity contribution is 7.92. The van der Waals surface area contributed by atoms with Crippen LogP contribution in [0.2, 0.25) is 5.02 Å². The van der Waals surface area contributed by atoms with Gasteiger partial charge in [0.25, 0.3) is 10.0 Å². The second kappa shape index (κ2) is 13.1. The number of hydrogen-bond donors (Lipinski definition) is 1. The minimum absolute atomic E-state index is 0.0551. The molecule has 0 fully saturated rings. The van der Waals surface area contributed by atoms with Crippen molar-refractivity contribution in [2.24, 2.45) is 0 Å². The van der Waals surface area contributed by atoms with Crippen LogP contribution in [0, 0.1) is 20.8 Å². The minimum atomic E-state index is -4.11. The zero-order valence-electron chi connectivity index (χ0n) is 23.1. The first kappa shape index (κ1) is 30.2. The third kappa shape index (κ3) is 7.19. The van der Waals surface area contributed by atoms with E-state index in [1.54, 1.807) is 55.5 Å². The fraction of sp³-hybridized carbons (Fsp3) is 0.333. The number of likely N-dealkylation sites (N-methyl/N-ethyl adjacent to an activating group) is 1. The van der Waals surface area contributed by atoms with Gasteiger partial charge in [-0.3, -0.25) is 13.9 Å². The summed E-state index contributed by atoms with van der Waals surface area (Å²) in [6.45, 7) is 9.30. The largest absolute Gasteiger partial charge is 0.355 e. The molecule has 0 aliphatic rings. The second-order valence-electron chi connectivity index (χ2n) is 9.52. The first-order valence-corrected chi connectivity index (χ1v) is 14.8. The fourth-order valence-corrected chi connectivity index (χ4v) is 5.87. The van der Waals surface area contributed by atoms with Crippen molar-refractivity contribution in [1.29, 1.82) is 0 Å². The molecule has 0 bridgehead atoms. The van der Waals surface area contributed by atoms with E-state index in [9.17, 15) is 18.0 Å². The number of aryl methyl sites for hydroxylation is 3. The number of nitrogens with one attached hydrogen (secondary N) is 1. The molecule has 0 unspecified atom stereocenters. The molecule has 2 amide bonds. The molecule has 0 aliphatic heterocycles. The molecular weight excluding hydrogens is 534 g/mol. The summed E-state index contributed by atoms with van der Waals surface area (Å²) in [6.07, 6.45) is 0.344. The monoisotopic (exact) mass is 569 g/mol. The highest BCUT2D eigenvalue weighted by atomic mass is 35.5. The second-order valence-corrected chi connectivity index (χ2v) is 11.8. The SMILES string of the molecule is CCNC(=O)[C@@H](CC)N(Cc1ccccc1Cl)C(=O)CN(c1ccc(C)c(C)c1)S(=O)(=O)c1ccc(C)cc1. The van der Waals surface area contributed by atoms with Gasteiger partial charge in [0, 0.05) is 18.1 Å². The molecule has 1 atom stereocenters. The maximum atomic E-state index is 14.0. The number of sulfonamides is 1. The molecule has 208 valence electrons. The predicted molar refractivity (Wildman–Crippen MR) is 156 cm³/mol. The molecule has 7 nitrogen and oxygen atoms in total. The van der Waals surface area contributed by atoms with Gasteiger partial charge in [0.1, 0.15) is 12.6 Å². The molecule has 0 saturated carbocycles. The van der Waals surface area contributed by atoms with E-state index in [0.717, 1.165) is 21.0 Å². The maximum Gasteiger partial charge on any atom is 0.264 e. The van der Waals surface area contributed by atoms with Gasteiger partial charge < -0.3 is 10.2 Å². The highest BCUT2D eigenvalue weighted by Crippen LogP contribution is 2.27. The van der Waals surface area contributed by atoms with E-state index in [4.69, 9.17) is 11.6 Å². The van der Waals surface area contributed by atoms with Crippen LogP contribution in [0.3, 0.4) is 0 Å². The summed E-state index contributed by atoms with van der Waals surface area (Å²) in [5.41, 5.74) is 3.85. The van der Waals surface area contributed by atoms with Gasteiger partial charge in [-0.05, 0) is 81.1 Å². The molecule has 3 aromatic rings. The number of amides is 2. The van der Waals surface area contributed by atoms with Gasteiger partial charge in [-0.1, -0.05) is 60.5 Å². The fourth-order valence-electron chi connectivity index (χ4n) is 4.27. The Labute approximate surface area is 236 Å². The third-order valence-electron chi connectivity index (χ3n) is 6.70. The predicted octanol–water partition coefficient (Wildman–Crippen LogP) is 5.40. The molecule has 9 heteroatoms. The van der Waals surface area contributed by atoms with Crippen molar-refractivity contribution in [1.82, 2.24) is 10.2 Å². The van der Waals surface area contributed by atoms with Crippen LogP contribution in [-0.2, 0) is 26.2 Å². The van der Waals surface area contributed by atoms with E-state index in [1.165, 1.54) is 17.0 Å². The van der Waals surface area contributed by atoms with Crippen molar-refractivity contribution in [3.05, 3.63) is 94.0 Å². The Bertz CT molecular complexity index is 1420. The van der Waals surface area contributed by atoms with Crippen molar-refractivity contribution in [2.75, 3.05) is 17.4 Å². The number of nitrogens with zero attached hydrogens (tertiary/aromatic N) is 2. The summed E-state index contributed by atoms with van der Waals surface area (Å²) >= 11 is 6.42. The quantitative estimate of drug-likeness (QED) is 0.335.